The largest absolute Gasteiger partial charge is 0.383 e. The molecule has 2 N–H and O–H groups in total. The molecule has 4 rings (SSSR count). The number of carbonyl (C=O) groups is 1. The monoisotopic (exact) mass is 465 g/mol. The fraction of sp³-hybridized carbons (Fsp3) is 0.423. The molecule has 1 fully saturated rings. The van der Waals surface area contributed by atoms with Gasteiger partial charge in [0.15, 0.2) is 17.4 Å². The maximum Gasteiger partial charge on any atom is 0.172 e. The van der Waals surface area contributed by atoms with Gasteiger partial charge in [-0.1, -0.05) is 23.7 Å². The first-order chi connectivity index (χ1) is 15.8. The summed E-state index contributed by atoms with van der Waals surface area (Å²) >= 11 is 6.41. The van der Waals surface area contributed by atoms with E-state index < -0.39 is 0 Å². The third-order valence-corrected chi connectivity index (χ3v) is 6.16. The molecular weight excluding hydrogens is 434 g/mol. The average Bonchev–Trinajstić information content (AvgIpc) is 2.79. The summed E-state index contributed by atoms with van der Waals surface area (Å²) in [4.78, 5) is 25.3. The third kappa shape index (κ3) is 5.38. The Balaban J connectivity index is 1.52. The van der Waals surface area contributed by atoms with E-state index in [0.29, 0.717) is 10.6 Å². The number of halogens is 1. The first-order valence-electron chi connectivity index (χ1n) is 11.7. The van der Waals surface area contributed by atoms with Crippen molar-refractivity contribution in [2.75, 3.05) is 28.6 Å². The van der Waals surface area contributed by atoms with Crippen LogP contribution in [0, 0.1) is 5.92 Å². The normalized spacial score (nSPS) is 14.8. The number of ketones is 1. The van der Waals surface area contributed by atoms with Gasteiger partial charge in [0.25, 0.3) is 0 Å². The van der Waals surface area contributed by atoms with Crippen molar-refractivity contribution in [2.24, 2.45) is 5.92 Å². The second-order valence-corrected chi connectivity index (χ2v) is 9.71. The molecule has 0 unspecified atom stereocenters. The number of nitrogens with zero attached hydrogens (tertiary/aromatic N) is 3. The fourth-order valence-corrected chi connectivity index (χ4v) is 4.50. The number of hydrogen-bond donors (Lipinski definition) is 2. The van der Waals surface area contributed by atoms with Gasteiger partial charge in [-0.3, -0.25) is 4.79 Å². The molecule has 174 valence electrons. The van der Waals surface area contributed by atoms with Crippen LogP contribution in [0.1, 0.15) is 50.9 Å². The summed E-state index contributed by atoms with van der Waals surface area (Å²) in [5, 5.41) is 7.31. The number of aromatic nitrogens is 2. The Labute approximate surface area is 200 Å². The molecule has 0 saturated carbocycles. The first kappa shape index (κ1) is 23.3. The zero-order chi connectivity index (χ0) is 23.5. The fourth-order valence-electron chi connectivity index (χ4n) is 4.29. The zero-order valence-corrected chi connectivity index (χ0v) is 20.5. The SMILES string of the molecule is CC(C)Nc1ccc(Cl)c(C(=O)C2CCN(c3nc4ccccc4nc3NC(C)C)CC2)c1. The number of piperidine rings is 1. The molecule has 6 nitrogen and oxygen atoms in total. The molecule has 1 aliphatic rings. The van der Waals surface area contributed by atoms with Crippen LogP contribution in [0.2, 0.25) is 5.02 Å². The minimum Gasteiger partial charge on any atom is -0.383 e. The molecule has 7 heteroatoms. The third-order valence-electron chi connectivity index (χ3n) is 5.83. The van der Waals surface area contributed by atoms with Gasteiger partial charge in [0.2, 0.25) is 0 Å². The topological polar surface area (TPSA) is 70.2 Å². The van der Waals surface area contributed by atoms with E-state index in [-0.39, 0.29) is 23.8 Å². The second kappa shape index (κ2) is 9.96. The van der Waals surface area contributed by atoms with Crippen LogP contribution in [0.3, 0.4) is 0 Å². The van der Waals surface area contributed by atoms with Crippen LogP contribution in [0.5, 0.6) is 0 Å². The number of para-hydroxylation sites is 2. The van der Waals surface area contributed by atoms with E-state index in [9.17, 15) is 4.79 Å². The van der Waals surface area contributed by atoms with Crippen molar-refractivity contribution in [3.05, 3.63) is 53.1 Å². The van der Waals surface area contributed by atoms with E-state index in [1.807, 2.05) is 42.5 Å². The van der Waals surface area contributed by atoms with Gasteiger partial charge in [-0.05, 0) is 70.9 Å². The predicted octanol–water partition coefficient (Wildman–Crippen LogP) is 6.02. The Kier molecular flexibility index (Phi) is 7.03. The van der Waals surface area contributed by atoms with Gasteiger partial charge in [-0.2, -0.15) is 0 Å². The summed E-state index contributed by atoms with van der Waals surface area (Å²) in [6, 6.07) is 14.1. The van der Waals surface area contributed by atoms with Gasteiger partial charge in [0.1, 0.15) is 0 Å². The smallest absolute Gasteiger partial charge is 0.172 e. The Hall–Kier alpha value is -2.86. The zero-order valence-electron chi connectivity index (χ0n) is 19.7. The van der Waals surface area contributed by atoms with Crippen LogP contribution in [-0.2, 0) is 0 Å². The maximum atomic E-state index is 13.3. The van der Waals surface area contributed by atoms with Crippen molar-refractivity contribution < 1.29 is 4.79 Å². The summed E-state index contributed by atoms with van der Waals surface area (Å²) in [6.45, 7) is 9.83. The quantitative estimate of drug-likeness (QED) is 0.415. The lowest BCUT2D eigenvalue weighted by Gasteiger charge is -2.33. The van der Waals surface area contributed by atoms with Crippen molar-refractivity contribution in [3.8, 4) is 0 Å². The number of fused-ring (bicyclic) bond motifs is 1. The van der Waals surface area contributed by atoms with Crippen molar-refractivity contribution in [3.63, 3.8) is 0 Å². The molecule has 3 aromatic rings. The number of benzene rings is 2. The summed E-state index contributed by atoms with van der Waals surface area (Å²) in [7, 11) is 0. The molecule has 1 saturated heterocycles. The minimum atomic E-state index is -0.0528. The Morgan fingerprint density at radius 1 is 0.970 bits per heavy atom. The first-order valence-corrected chi connectivity index (χ1v) is 12.1. The van der Waals surface area contributed by atoms with E-state index in [4.69, 9.17) is 21.6 Å². The lowest BCUT2D eigenvalue weighted by Crippen LogP contribution is -2.37. The van der Waals surface area contributed by atoms with Gasteiger partial charge >= 0.3 is 0 Å². The van der Waals surface area contributed by atoms with E-state index in [1.54, 1.807) is 0 Å². The molecule has 0 amide bonds. The van der Waals surface area contributed by atoms with E-state index >= 15 is 0 Å². The second-order valence-electron chi connectivity index (χ2n) is 9.30. The Morgan fingerprint density at radius 3 is 2.24 bits per heavy atom. The van der Waals surface area contributed by atoms with Gasteiger partial charge in [-0.25, -0.2) is 9.97 Å². The minimum absolute atomic E-state index is 0.0528. The molecule has 2 heterocycles. The van der Waals surface area contributed by atoms with Crippen molar-refractivity contribution in [1.29, 1.82) is 0 Å². The highest BCUT2D eigenvalue weighted by Crippen LogP contribution is 2.32. The van der Waals surface area contributed by atoms with Gasteiger partial charge in [0.05, 0.1) is 16.1 Å². The molecule has 1 aromatic heterocycles. The molecule has 0 radical (unpaired) electrons. The highest BCUT2D eigenvalue weighted by molar-refractivity contribution is 6.34. The van der Waals surface area contributed by atoms with Crippen LogP contribution in [0.15, 0.2) is 42.5 Å². The lowest BCUT2D eigenvalue weighted by molar-refractivity contribution is 0.0900. The molecule has 0 aliphatic carbocycles. The summed E-state index contributed by atoms with van der Waals surface area (Å²) < 4.78 is 0. The van der Waals surface area contributed by atoms with E-state index in [2.05, 4.69) is 43.2 Å². The predicted molar refractivity (Wildman–Crippen MR) is 138 cm³/mol. The van der Waals surface area contributed by atoms with Crippen LogP contribution in [-0.4, -0.2) is 40.9 Å². The summed E-state index contributed by atoms with van der Waals surface area (Å²) in [5.74, 6) is 1.72. The number of carbonyl (C=O) groups excluding carboxylic acids is 1. The Morgan fingerprint density at radius 2 is 1.61 bits per heavy atom. The number of Topliss-reactive ketones (excluding diaryl/α,β-unsaturated/α-hetero) is 1. The van der Waals surface area contributed by atoms with E-state index in [0.717, 1.165) is 54.3 Å². The van der Waals surface area contributed by atoms with Crippen molar-refractivity contribution in [1.82, 2.24) is 9.97 Å². The number of hydrogen-bond acceptors (Lipinski definition) is 6. The van der Waals surface area contributed by atoms with Gasteiger partial charge in [-0.15, -0.1) is 0 Å². The Bertz CT molecular complexity index is 1140. The number of anilines is 3. The maximum absolute atomic E-state index is 13.3. The average molecular weight is 466 g/mol. The number of rotatable bonds is 7. The molecule has 1 aliphatic heterocycles. The summed E-state index contributed by atoms with van der Waals surface area (Å²) in [6.07, 6.45) is 1.51. The van der Waals surface area contributed by atoms with Crippen molar-refractivity contribution >= 4 is 45.7 Å². The molecule has 0 spiro atoms. The van der Waals surface area contributed by atoms with Crippen LogP contribution in [0.25, 0.3) is 11.0 Å². The van der Waals surface area contributed by atoms with Crippen LogP contribution < -0.4 is 15.5 Å². The highest BCUT2D eigenvalue weighted by Gasteiger charge is 2.29. The number of nitrogens with one attached hydrogen (secondary N) is 2. The van der Waals surface area contributed by atoms with Crippen LogP contribution >= 0.6 is 11.6 Å². The highest BCUT2D eigenvalue weighted by atomic mass is 35.5. The molecule has 0 atom stereocenters. The van der Waals surface area contributed by atoms with E-state index in [1.165, 1.54) is 0 Å². The summed E-state index contributed by atoms with van der Waals surface area (Å²) in [5.41, 5.74) is 3.28. The standard InChI is InChI=1S/C26H32ClN5O/c1-16(2)28-19-9-10-21(27)20(15-19)24(33)18-11-13-32(14-12-18)26-25(29-17(3)4)30-22-7-5-6-8-23(22)31-26/h5-10,15-18,28H,11-14H2,1-4H3,(H,29,30). The van der Waals surface area contributed by atoms with Crippen molar-refractivity contribution in [2.45, 2.75) is 52.6 Å². The molecular formula is C26H32ClN5O. The van der Waals surface area contributed by atoms with Crippen LogP contribution in [0.4, 0.5) is 17.3 Å². The van der Waals surface area contributed by atoms with Gasteiger partial charge in [0, 0.05) is 42.3 Å². The molecule has 33 heavy (non-hydrogen) atoms. The molecule has 0 bridgehead atoms. The molecule has 2 aromatic carbocycles. The van der Waals surface area contributed by atoms with Gasteiger partial charge < -0.3 is 15.5 Å². The lowest BCUT2D eigenvalue weighted by atomic mass is 9.88.